The number of hydrogen-bond acceptors (Lipinski definition) is 5. The average molecular weight is 459 g/mol. The Kier molecular flexibility index (Phi) is 6.09. The molecule has 1 aliphatic heterocycles. The number of hydrogen-bond donors (Lipinski definition) is 0. The highest BCUT2D eigenvalue weighted by atomic mass is 32.2. The van der Waals surface area contributed by atoms with Crippen LogP contribution in [0.2, 0.25) is 0 Å². The lowest BCUT2D eigenvalue weighted by atomic mass is 10.1. The lowest BCUT2D eigenvalue weighted by molar-refractivity contribution is -0.189. The molecule has 0 saturated heterocycles. The minimum Gasteiger partial charge on any atom is -0.480 e. The third-order valence-electron chi connectivity index (χ3n) is 4.84. The molecule has 1 atom stereocenters. The number of alkyl halides is 3. The second-order valence-electron chi connectivity index (χ2n) is 8.11. The fourth-order valence-electron chi connectivity index (χ4n) is 3.26. The number of rotatable bonds is 6. The molecule has 3 rings (SSSR count). The van der Waals surface area contributed by atoms with Crippen molar-refractivity contribution in [3.05, 3.63) is 41.2 Å². The Morgan fingerprint density at radius 3 is 2.45 bits per heavy atom. The highest BCUT2D eigenvalue weighted by molar-refractivity contribution is 7.90. The van der Waals surface area contributed by atoms with Crippen LogP contribution in [0.15, 0.2) is 29.3 Å². The van der Waals surface area contributed by atoms with E-state index >= 15 is 0 Å². The lowest BCUT2D eigenvalue weighted by Crippen LogP contribution is -2.33. The smallest absolute Gasteiger partial charge is 0.425 e. The molecule has 1 aliphatic rings. The third kappa shape index (κ3) is 5.20. The molecule has 1 aromatic heterocycles. The molecule has 1 aromatic carbocycles. The SMILES string of the molecule is CC(C)Cn1cc2c(n1)CN(C(=O)c1cc(S(C)(=O)=O)ccc1OC(C)C(F)(F)F)C2. The minimum absolute atomic E-state index is 0.177. The van der Waals surface area contributed by atoms with Gasteiger partial charge in [-0.1, -0.05) is 13.8 Å². The fourth-order valence-corrected chi connectivity index (χ4v) is 3.91. The normalized spacial score (nSPS) is 15.3. The zero-order chi connectivity index (χ0) is 23.1. The van der Waals surface area contributed by atoms with Gasteiger partial charge in [-0.05, 0) is 31.0 Å². The van der Waals surface area contributed by atoms with E-state index in [1.54, 1.807) is 4.68 Å². The summed E-state index contributed by atoms with van der Waals surface area (Å²) in [6.45, 7) is 6.06. The Labute approximate surface area is 178 Å². The molecule has 31 heavy (non-hydrogen) atoms. The molecule has 1 unspecified atom stereocenters. The van der Waals surface area contributed by atoms with E-state index in [9.17, 15) is 26.4 Å². The van der Waals surface area contributed by atoms with E-state index in [0.717, 1.165) is 43.5 Å². The minimum atomic E-state index is -4.64. The summed E-state index contributed by atoms with van der Waals surface area (Å²) < 4.78 is 69.6. The van der Waals surface area contributed by atoms with Crippen molar-refractivity contribution in [1.82, 2.24) is 14.7 Å². The topological polar surface area (TPSA) is 81.5 Å². The first-order valence-corrected chi connectivity index (χ1v) is 11.6. The van der Waals surface area contributed by atoms with Crippen LogP contribution in [0.5, 0.6) is 5.75 Å². The summed E-state index contributed by atoms with van der Waals surface area (Å²) >= 11 is 0. The number of nitrogens with zero attached hydrogens (tertiary/aromatic N) is 3. The summed E-state index contributed by atoms with van der Waals surface area (Å²) in [5.41, 5.74) is 1.32. The Morgan fingerprint density at radius 2 is 1.90 bits per heavy atom. The second kappa shape index (κ2) is 8.18. The number of ether oxygens (including phenoxy) is 1. The van der Waals surface area contributed by atoms with E-state index in [1.807, 2.05) is 6.20 Å². The first kappa shape index (κ1) is 23.1. The first-order valence-electron chi connectivity index (χ1n) is 9.67. The van der Waals surface area contributed by atoms with Crippen molar-refractivity contribution in [3.8, 4) is 5.75 Å². The van der Waals surface area contributed by atoms with Crippen LogP contribution in [-0.2, 0) is 29.5 Å². The Balaban J connectivity index is 1.90. The van der Waals surface area contributed by atoms with Gasteiger partial charge < -0.3 is 9.64 Å². The zero-order valence-corrected chi connectivity index (χ0v) is 18.4. The van der Waals surface area contributed by atoms with E-state index in [1.165, 1.54) is 4.90 Å². The van der Waals surface area contributed by atoms with Gasteiger partial charge in [-0.25, -0.2) is 8.42 Å². The van der Waals surface area contributed by atoms with Crippen LogP contribution in [0, 0.1) is 5.92 Å². The van der Waals surface area contributed by atoms with E-state index in [2.05, 4.69) is 18.9 Å². The Bertz CT molecular complexity index is 1070. The molecule has 0 fully saturated rings. The van der Waals surface area contributed by atoms with Gasteiger partial charge in [-0.3, -0.25) is 9.48 Å². The van der Waals surface area contributed by atoms with E-state index in [4.69, 9.17) is 4.74 Å². The molecular weight excluding hydrogens is 435 g/mol. The maximum Gasteiger partial charge on any atom is 0.425 e. The number of benzene rings is 1. The van der Waals surface area contributed by atoms with Gasteiger partial charge in [0, 0.05) is 31.1 Å². The number of carbonyl (C=O) groups is 1. The number of amides is 1. The van der Waals surface area contributed by atoms with Gasteiger partial charge >= 0.3 is 6.18 Å². The number of aromatic nitrogens is 2. The molecule has 7 nitrogen and oxygen atoms in total. The summed E-state index contributed by atoms with van der Waals surface area (Å²) in [6, 6.07) is 3.27. The molecule has 0 N–H and O–H groups in total. The van der Waals surface area contributed by atoms with Crippen molar-refractivity contribution < 1.29 is 31.1 Å². The predicted octanol–water partition coefficient (Wildman–Crippen LogP) is 3.43. The molecule has 2 aromatic rings. The van der Waals surface area contributed by atoms with Crippen LogP contribution in [0.4, 0.5) is 13.2 Å². The van der Waals surface area contributed by atoms with Crippen molar-refractivity contribution in [2.75, 3.05) is 6.26 Å². The van der Waals surface area contributed by atoms with Crippen LogP contribution >= 0.6 is 0 Å². The summed E-state index contributed by atoms with van der Waals surface area (Å²) in [5.74, 6) is -0.549. The van der Waals surface area contributed by atoms with Crippen LogP contribution in [0.1, 0.15) is 42.4 Å². The molecule has 0 saturated carbocycles. The largest absolute Gasteiger partial charge is 0.480 e. The van der Waals surface area contributed by atoms with Gasteiger partial charge in [-0.2, -0.15) is 18.3 Å². The molecular formula is C20H24F3N3O4S. The summed E-state index contributed by atoms with van der Waals surface area (Å²) in [6.07, 6.45) is -4.00. The molecule has 1 amide bonds. The standard InChI is InChI=1S/C20H24F3N3O4S/c1-12(2)8-26-10-14-9-25(11-17(14)24-26)19(27)16-7-15(31(4,28)29)5-6-18(16)30-13(3)20(21,22)23/h5-7,10,12-13H,8-9,11H2,1-4H3. The number of fused-ring (bicyclic) bond motifs is 1. The lowest BCUT2D eigenvalue weighted by Gasteiger charge is -2.22. The van der Waals surface area contributed by atoms with Gasteiger partial charge in [-0.15, -0.1) is 0 Å². The van der Waals surface area contributed by atoms with Crippen molar-refractivity contribution in [1.29, 1.82) is 0 Å². The van der Waals surface area contributed by atoms with Crippen molar-refractivity contribution >= 4 is 15.7 Å². The fraction of sp³-hybridized carbons (Fsp3) is 0.500. The van der Waals surface area contributed by atoms with Crippen molar-refractivity contribution in [2.24, 2.45) is 5.92 Å². The van der Waals surface area contributed by atoms with Gasteiger partial charge in [0.25, 0.3) is 5.91 Å². The maximum atomic E-state index is 13.1. The molecule has 0 spiro atoms. The van der Waals surface area contributed by atoms with Gasteiger partial charge in [0.15, 0.2) is 15.9 Å². The van der Waals surface area contributed by atoms with Crippen molar-refractivity contribution in [2.45, 2.75) is 57.6 Å². The van der Waals surface area contributed by atoms with E-state index in [0.29, 0.717) is 11.6 Å². The molecule has 0 bridgehead atoms. The Morgan fingerprint density at radius 1 is 1.23 bits per heavy atom. The highest BCUT2D eigenvalue weighted by Crippen LogP contribution is 2.32. The van der Waals surface area contributed by atoms with Crippen molar-refractivity contribution in [3.63, 3.8) is 0 Å². The van der Waals surface area contributed by atoms with Crippen LogP contribution in [0.3, 0.4) is 0 Å². The average Bonchev–Trinajstić information content (AvgIpc) is 3.17. The third-order valence-corrected chi connectivity index (χ3v) is 5.95. The second-order valence-corrected chi connectivity index (χ2v) is 10.1. The van der Waals surface area contributed by atoms with Gasteiger partial charge in [0.1, 0.15) is 5.75 Å². The molecule has 11 heteroatoms. The monoisotopic (exact) mass is 459 g/mol. The summed E-state index contributed by atoms with van der Waals surface area (Å²) in [4.78, 5) is 14.4. The van der Waals surface area contributed by atoms with Crippen LogP contribution < -0.4 is 4.74 Å². The quantitative estimate of drug-likeness (QED) is 0.661. The highest BCUT2D eigenvalue weighted by Gasteiger charge is 2.39. The predicted molar refractivity (Wildman–Crippen MR) is 106 cm³/mol. The molecule has 0 aliphatic carbocycles. The number of carbonyl (C=O) groups excluding carboxylic acids is 1. The molecule has 2 heterocycles. The Hall–Kier alpha value is -2.56. The molecule has 0 radical (unpaired) electrons. The first-order chi connectivity index (χ1) is 14.3. The number of sulfone groups is 1. The maximum absolute atomic E-state index is 13.1. The summed E-state index contributed by atoms with van der Waals surface area (Å²) in [5, 5.41) is 4.46. The number of halogens is 3. The molecule has 170 valence electrons. The summed E-state index contributed by atoms with van der Waals surface area (Å²) in [7, 11) is -3.68. The zero-order valence-electron chi connectivity index (χ0n) is 17.6. The van der Waals surface area contributed by atoms with E-state index < -0.39 is 28.0 Å². The van der Waals surface area contributed by atoms with Crippen LogP contribution in [-0.4, -0.2) is 47.5 Å². The van der Waals surface area contributed by atoms with E-state index in [-0.39, 0.29) is 29.3 Å². The van der Waals surface area contributed by atoms with Crippen LogP contribution in [0.25, 0.3) is 0 Å². The van der Waals surface area contributed by atoms with Gasteiger partial charge in [0.05, 0.1) is 22.7 Å². The van der Waals surface area contributed by atoms with Gasteiger partial charge in [0.2, 0.25) is 0 Å².